The van der Waals surface area contributed by atoms with E-state index in [1.54, 1.807) is 0 Å². The molecule has 0 spiro atoms. The second-order valence-electron chi connectivity index (χ2n) is 2.99. The SMILES string of the molecule is CC(=O)NCCCCCC(=O)O[P+](=O)O. The Labute approximate surface area is 89.0 Å². The van der Waals surface area contributed by atoms with Crippen LogP contribution in [0.3, 0.4) is 0 Å². The predicted octanol–water partition coefficient (Wildman–Crippen LogP) is 0.876. The third-order valence-electron chi connectivity index (χ3n) is 1.61. The molecule has 0 aliphatic rings. The number of rotatable bonds is 7. The minimum atomic E-state index is -2.83. The van der Waals surface area contributed by atoms with Crippen LogP contribution in [0.4, 0.5) is 0 Å². The molecule has 2 N–H and O–H groups in total. The minimum absolute atomic E-state index is 0.0771. The van der Waals surface area contributed by atoms with Gasteiger partial charge in [-0.1, -0.05) is 6.42 Å². The van der Waals surface area contributed by atoms with Crippen LogP contribution in [0.1, 0.15) is 32.6 Å². The zero-order valence-corrected chi connectivity index (χ0v) is 9.46. The lowest BCUT2D eigenvalue weighted by Crippen LogP contribution is -2.20. The smallest absolute Gasteiger partial charge is 0.356 e. The summed E-state index contributed by atoms with van der Waals surface area (Å²) in [5, 5.41) is 2.62. The van der Waals surface area contributed by atoms with Crippen molar-refractivity contribution >= 4 is 20.1 Å². The number of amides is 1. The average molecular weight is 236 g/mol. The molecule has 7 heteroatoms. The van der Waals surface area contributed by atoms with Gasteiger partial charge in [0.25, 0.3) is 0 Å². The lowest BCUT2D eigenvalue weighted by atomic mass is 10.2. The molecule has 0 aromatic heterocycles. The molecule has 0 aromatic rings. The van der Waals surface area contributed by atoms with Crippen molar-refractivity contribution in [2.24, 2.45) is 0 Å². The topological polar surface area (TPSA) is 92.7 Å². The molecule has 0 heterocycles. The first-order chi connectivity index (χ1) is 7.02. The summed E-state index contributed by atoms with van der Waals surface area (Å²) >= 11 is 0. The Kier molecular flexibility index (Phi) is 7.77. The van der Waals surface area contributed by atoms with Gasteiger partial charge in [-0.2, -0.15) is 4.52 Å². The van der Waals surface area contributed by atoms with Gasteiger partial charge in [0.15, 0.2) is 0 Å². The lowest BCUT2D eigenvalue weighted by Gasteiger charge is -2.00. The van der Waals surface area contributed by atoms with E-state index in [0.717, 1.165) is 12.8 Å². The minimum Gasteiger partial charge on any atom is -0.356 e. The second-order valence-corrected chi connectivity index (χ2v) is 3.65. The van der Waals surface area contributed by atoms with Crippen molar-refractivity contribution in [3.05, 3.63) is 0 Å². The Balaban J connectivity index is 3.27. The van der Waals surface area contributed by atoms with E-state index in [-0.39, 0.29) is 12.3 Å². The van der Waals surface area contributed by atoms with Crippen LogP contribution in [0.2, 0.25) is 0 Å². The molecule has 6 nitrogen and oxygen atoms in total. The number of nitrogens with one attached hydrogen (secondary N) is 1. The fraction of sp³-hybridized carbons (Fsp3) is 0.750. The Morgan fingerprint density at radius 2 is 2.00 bits per heavy atom. The molecular formula is C8H15NO5P+. The van der Waals surface area contributed by atoms with Crippen LogP contribution in [0.15, 0.2) is 0 Å². The van der Waals surface area contributed by atoms with E-state index in [2.05, 4.69) is 9.84 Å². The van der Waals surface area contributed by atoms with Crippen molar-refractivity contribution in [3.63, 3.8) is 0 Å². The van der Waals surface area contributed by atoms with Crippen LogP contribution in [0.5, 0.6) is 0 Å². The normalized spacial score (nSPS) is 10.7. The van der Waals surface area contributed by atoms with E-state index in [1.807, 2.05) is 0 Å². The van der Waals surface area contributed by atoms with Crippen molar-refractivity contribution < 1.29 is 23.6 Å². The van der Waals surface area contributed by atoms with Gasteiger partial charge in [0.1, 0.15) is 0 Å². The Hall–Kier alpha value is -1.00. The van der Waals surface area contributed by atoms with Gasteiger partial charge in [-0.3, -0.25) is 4.79 Å². The molecule has 0 fully saturated rings. The van der Waals surface area contributed by atoms with E-state index in [4.69, 9.17) is 4.89 Å². The second kappa shape index (κ2) is 8.32. The van der Waals surface area contributed by atoms with Crippen LogP contribution in [0, 0.1) is 0 Å². The summed E-state index contributed by atoms with van der Waals surface area (Å²) < 4.78 is 14.1. The molecule has 0 radical (unpaired) electrons. The average Bonchev–Trinajstić information content (AvgIpc) is 2.09. The van der Waals surface area contributed by atoms with E-state index in [0.29, 0.717) is 13.0 Å². The molecule has 0 aliphatic heterocycles. The molecule has 1 amide bonds. The van der Waals surface area contributed by atoms with Gasteiger partial charge in [0, 0.05) is 18.0 Å². The van der Waals surface area contributed by atoms with Gasteiger partial charge >= 0.3 is 14.2 Å². The lowest BCUT2D eigenvalue weighted by molar-refractivity contribution is -0.134. The van der Waals surface area contributed by atoms with Crippen molar-refractivity contribution in [1.29, 1.82) is 0 Å². The third-order valence-corrected chi connectivity index (χ3v) is 1.97. The Bertz CT molecular complexity index is 243. The largest absolute Gasteiger partial charge is 0.750 e. The molecule has 86 valence electrons. The van der Waals surface area contributed by atoms with E-state index < -0.39 is 14.2 Å². The van der Waals surface area contributed by atoms with Crippen molar-refractivity contribution in [1.82, 2.24) is 5.32 Å². The summed E-state index contributed by atoms with van der Waals surface area (Å²) in [6, 6.07) is 0. The van der Waals surface area contributed by atoms with E-state index in [9.17, 15) is 14.2 Å². The van der Waals surface area contributed by atoms with E-state index >= 15 is 0 Å². The zero-order chi connectivity index (χ0) is 11.7. The summed E-state index contributed by atoms with van der Waals surface area (Å²) in [5.74, 6) is -0.746. The number of unbranched alkanes of at least 4 members (excludes halogenated alkanes) is 2. The van der Waals surface area contributed by atoms with Gasteiger partial charge in [0.05, 0.1) is 6.42 Å². The summed E-state index contributed by atoms with van der Waals surface area (Å²) in [7, 11) is -2.83. The number of hydrogen-bond donors (Lipinski definition) is 2. The first-order valence-corrected chi connectivity index (χ1v) is 5.76. The summed E-state index contributed by atoms with van der Waals surface area (Å²) in [6.07, 6.45) is 2.25. The summed E-state index contributed by atoms with van der Waals surface area (Å²) in [5.41, 5.74) is 0. The van der Waals surface area contributed by atoms with Crippen LogP contribution >= 0.6 is 8.25 Å². The van der Waals surface area contributed by atoms with Crippen LogP contribution in [-0.4, -0.2) is 23.3 Å². The van der Waals surface area contributed by atoms with Crippen molar-refractivity contribution in [2.75, 3.05) is 6.54 Å². The molecule has 0 saturated heterocycles. The van der Waals surface area contributed by atoms with Gasteiger partial charge in [-0.15, -0.1) is 4.89 Å². The molecule has 1 atom stereocenters. The van der Waals surface area contributed by atoms with Gasteiger partial charge in [-0.05, 0) is 12.8 Å². The van der Waals surface area contributed by atoms with Crippen LogP contribution in [0.25, 0.3) is 0 Å². The number of carbonyl (C=O) groups excluding carboxylic acids is 2. The van der Waals surface area contributed by atoms with Crippen molar-refractivity contribution in [2.45, 2.75) is 32.6 Å². The van der Waals surface area contributed by atoms with Gasteiger partial charge in [-0.25, -0.2) is 4.79 Å². The third kappa shape index (κ3) is 10.9. The Morgan fingerprint density at radius 1 is 1.33 bits per heavy atom. The highest BCUT2D eigenvalue weighted by atomic mass is 31.1. The monoisotopic (exact) mass is 236 g/mol. The first kappa shape index (κ1) is 14.0. The molecule has 0 bridgehead atoms. The maximum atomic E-state index is 10.8. The van der Waals surface area contributed by atoms with Crippen LogP contribution < -0.4 is 5.32 Å². The fourth-order valence-corrected chi connectivity index (χ4v) is 1.23. The van der Waals surface area contributed by atoms with Gasteiger partial charge in [0.2, 0.25) is 5.91 Å². The molecule has 0 saturated carbocycles. The molecule has 0 aliphatic carbocycles. The standard InChI is InChI=1S/C8H14NO5P/c1-7(10)9-6-4-2-3-5-8(11)14-15(12)13/h2-6H2,1H3,(H-,9,10,12,13)/p+1. The molecule has 0 aromatic carbocycles. The van der Waals surface area contributed by atoms with Crippen LogP contribution in [-0.2, 0) is 18.7 Å². The Morgan fingerprint density at radius 3 is 2.53 bits per heavy atom. The highest BCUT2D eigenvalue weighted by Crippen LogP contribution is 2.16. The predicted molar refractivity (Wildman–Crippen MR) is 53.1 cm³/mol. The molecular weight excluding hydrogens is 221 g/mol. The number of hydrogen-bond acceptors (Lipinski definition) is 4. The first-order valence-electron chi connectivity index (χ1n) is 4.63. The molecule has 0 rings (SSSR count). The summed E-state index contributed by atoms with van der Waals surface area (Å²) in [6.45, 7) is 2.02. The molecule has 1 unspecified atom stereocenters. The van der Waals surface area contributed by atoms with E-state index in [1.165, 1.54) is 6.92 Å². The maximum absolute atomic E-state index is 10.8. The highest BCUT2D eigenvalue weighted by molar-refractivity contribution is 7.32. The quantitative estimate of drug-likeness (QED) is 0.505. The fourth-order valence-electron chi connectivity index (χ4n) is 0.968. The zero-order valence-electron chi connectivity index (χ0n) is 8.56. The van der Waals surface area contributed by atoms with Crippen molar-refractivity contribution in [3.8, 4) is 0 Å². The molecule has 15 heavy (non-hydrogen) atoms. The van der Waals surface area contributed by atoms with Gasteiger partial charge < -0.3 is 5.32 Å². The maximum Gasteiger partial charge on any atom is 0.750 e. The number of carbonyl (C=O) groups is 2. The summed E-state index contributed by atoms with van der Waals surface area (Å²) in [4.78, 5) is 29.5. The highest BCUT2D eigenvalue weighted by Gasteiger charge is 2.18.